The second-order valence-electron chi connectivity index (χ2n) is 7.11. The molecule has 10 nitrogen and oxygen atoms in total. The molecule has 0 unspecified atom stereocenters. The Bertz CT molecular complexity index is 1330. The predicted octanol–water partition coefficient (Wildman–Crippen LogP) is 2.13. The summed E-state index contributed by atoms with van der Waals surface area (Å²) < 4.78 is 9.68. The molecule has 158 valence electrons. The lowest BCUT2D eigenvalue weighted by molar-refractivity contribution is -0.184. The number of hydrogen-bond acceptors (Lipinski definition) is 9. The third kappa shape index (κ3) is 3.42. The number of aromatic nitrogens is 5. The van der Waals surface area contributed by atoms with Gasteiger partial charge in [-0.25, -0.2) is 4.98 Å². The summed E-state index contributed by atoms with van der Waals surface area (Å²) >= 11 is 0.998. The van der Waals surface area contributed by atoms with Gasteiger partial charge in [-0.3, -0.25) is 4.79 Å². The number of amides is 1. The van der Waals surface area contributed by atoms with E-state index >= 15 is 0 Å². The van der Waals surface area contributed by atoms with Crippen LogP contribution in [0.4, 0.5) is 5.69 Å². The maximum atomic E-state index is 13.1. The van der Waals surface area contributed by atoms with Crippen molar-refractivity contribution in [2.24, 2.45) is 0 Å². The average Bonchev–Trinajstić information content (AvgIpc) is 3.48. The molecule has 0 spiro atoms. The minimum Gasteiger partial charge on any atom is -0.380 e. The van der Waals surface area contributed by atoms with Gasteiger partial charge in [0.25, 0.3) is 5.91 Å². The molecular formula is C21H15N7O3S. The third-order valence-corrected chi connectivity index (χ3v) is 5.79. The Morgan fingerprint density at radius 1 is 1.25 bits per heavy atom. The number of carbonyl (C=O) groups excluding carboxylic acids is 1. The number of pyridine rings is 1. The van der Waals surface area contributed by atoms with Crippen LogP contribution in [-0.2, 0) is 10.3 Å². The quantitative estimate of drug-likeness (QED) is 0.476. The minimum absolute atomic E-state index is 0.0806. The van der Waals surface area contributed by atoms with Gasteiger partial charge in [-0.2, -0.15) is 19.8 Å². The monoisotopic (exact) mass is 445 g/mol. The number of carbonyl (C=O) groups is 1. The highest BCUT2D eigenvalue weighted by atomic mass is 32.1. The van der Waals surface area contributed by atoms with E-state index in [-0.39, 0.29) is 29.5 Å². The van der Waals surface area contributed by atoms with Crippen LogP contribution in [0.3, 0.4) is 0 Å². The highest BCUT2D eigenvalue weighted by molar-refractivity contribution is 7.08. The van der Waals surface area contributed by atoms with Gasteiger partial charge in [-0.1, -0.05) is 30.3 Å². The molecule has 4 heterocycles. The molecule has 1 saturated heterocycles. The molecule has 0 aliphatic carbocycles. The summed E-state index contributed by atoms with van der Waals surface area (Å²) in [5, 5.41) is 31.2. The van der Waals surface area contributed by atoms with Gasteiger partial charge in [0.05, 0.1) is 43.2 Å². The van der Waals surface area contributed by atoms with Gasteiger partial charge in [0.1, 0.15) is 22.1 Å². The molecule has 2 N–H and O–H groups in total. The molecule has 4 aromatic rings. The summed E-state index contributed by atoms with van der Waals surface area (Å²) in [7, 11) is 0. The molecule has 5 rings (SSSR count). The van der Waals surface area contributed by atoms with E-state index in [1.54, 1.807) is 0 Å². The first-order valence-electron chi connectivity index (χ1n) is 9.53. The zero-order valence-corrected chi connectivity index (χ0v) is 17.3. The van der Waals surface area contributed by atoms with Crippen molar-refractivity contribution in [2.75, 3.05) is 18.5 Å². The van der Waals surface area contributed by atoms with Crippen molar-refractivity contribution in [2.45, 2.75) is 5.60 Å². The van der Waals surface area contributed by atoms with Crippen molar-refractivity contribution < 1.29 is 14.6 Å². The fourth-order valence-corrected chi connectivity index (χ4v) is 4.28. The van der Waals surface area contributed by atoms with Crippen LogP contribution < -0.4 is 5.32 Å². The number of nitrogens with one attached hydrogen (secondary N) is 1. The summed E-state index contributed by atoms with van der Waals surface area (Å²) in [6, 6.07) is 12.9. The van der Waals surface area contributed by atoms with Gasteiger partial charge in [0.15, 0.2) is 5.82 Å². The maximum absolute atomic E-state index is 13.1. The molecule has 1 aliphatic heterocycles. The minimum atomic E-state index is -1.30. The van der Waals surface area contributed by atoms with Crippen LogP contribution in [-0.4, -0.2) is 48.6 Å². The van der Waals surface area contributed by atoms with Gasteiger partial charge < -0.3 is 15.2 Å². The molecule has 11 heteroatoms. The van der Waals surface area contributed by atoms with Gasteiger partial charge in [-0.05, 0) is 17.6 Å². The number of ether oxygens (including phenoxy) is 1. The molecule has 0 atom stereocenters. The van der Waals surface area contributed by atoms with Crippen LogP contribution in [0, 0.1) is 11.3 Å². The number of rotatable bonds is 5. The first kappa shape index (κ1) is 20.0. The third-order valence-electron chi connectivity index (χ3n) is 4.95. The predicted molar refractivity (Wildman–Crippen MR) is 114 cm³/mol. The second kappa shape index (κ2) is 7.93. The van der Waals surface area contributed by atoms with E-state index in [1.165, 1.54) is 29.5 Å². The maximum Gasteiger partial charge on any atom is 0.267 e. The van der Waals surface area contributed by atoms with Crippen LogP contribution in [0.1, 0.15) is 20.8 Å². The standard InChI is InChI=1S/C21H15N7O3S/c22-9-14-8-15(10-23-19(14)28-24-6-7-25-28)26-20(29)18-16(21(30)11-31-12-21)17(27-32-18)13-4-2-1-3-5-13/h1-8,10,30H,11-12H2,(H,26,29). The van der Waals surface area contributed by atoms with Crippen LogP contribution in [0.5, 0.6) is 0 Å². The molecule has 1 amide bonds. The highest BCUT2D eigenvalue weighted by Gasteiger charge is 2.44. The SMILES string of the molecule is N#Cc1cc(NC(=O)c2snc(-c3ccccc3)c2C2(O)COC2)cnc1-n1nccn1. The number of aliphatic hydroxyl groups is 1. The van der Waals surface area contributed by atoms with E-state index < -0.39 is 11.5 Å². The lowest BCUT2D eigenvalue weighted by atomic mass is 9.88. The lowest BCUT2D eigenvalue weighted by Crippen LogP contribution is -2.47. The normalized spacial score (nSPS) is 14.4. The first-order chi connectivity index (χ1) is 15.6. The summed E-state index contributed by atoms with van der Waals surface area (Å²) in [6.07, 6.45) is 4.36. The number of nitriles is 1. The number of hydrogen-bond donors (Lipinski definition) is 2. The molecule has 0 bridgehead atoms. The number of nitrogens with zero attached hydrogens (tertiary/aromatic N) is 6. The first-order valence-corrected chi connectivity index (χ1v) is 10.3. The Hall–Kier alpha value is -3.98. The number of benzene rings is 1. The van der Waals surface area contributed by atoms with E-state index in [1.807, 2.05) is 36.4 Å². The van der Waals surface area contributed by atoms with Gasteiger partial charge in [0, 0.05) is 11.1 Å². The van der Waals surface area contributed by atoms with E-state index in [0.29, 0.717) is 16.9 Å². The Balaban J connectivity index is 1.49. The topological polar surface area (TPSA) is 139 Å². The Morgan fingerprint density at radius 2 is 2.00 bits per heavy atom. The van der Waals surface area contributed by atoms with Crippen molar-refractivity contribution in [3.63, 3.8) is 0 Å². The lowest BCUT2D eigenvalue weighted by Gasteiger charge is -2.37. The summed E-state index contributed by atoms with van der Waals surface area (Å²) in [5.74, 6) is -0.211. The zero-order valence-electron chi connectivity index (χ0n) is 16.5. The molecular weight excluding hydrogens is 430 g/mol. The van der Waals surface area contributed by atoms with Gasteiger partial charge in [0.2, 0.25) is 0 Å². The van der Waals surface area contributed by atoms with Crippen LogP contribution >= 0.6 is 11.5 Å². The van der Waals surface area contributed by atoms with E-state index in [9.17, 15) is 15.2 Å². The molecule has 1 aliphatic rings. The fraction of sp³-hybridized carbons (Fsp3) is 0.143. The fourth-order valence-electron chi connectivity index (χ4n) is 3.39. The molecule has 1 aromatic carbocycles. The molecule has 32 heavy (non-hydrogen) atoms. The van der Waals surface area contributed by atoms with E-state index in [0.717, 1.165) is 17.1 Å². The zero-order chi connectivity index (χ0) is 22.1. The Kier molecular flexibility index (Phi) is 4.95. The van der Waals surface area contributed by atoms with Crippen LogP contribution in [0.25, 0.3) is 17.1 Å². The largest absolute Gasteiger partial charge is 0.380 e. The average molecular weight is 445 g/mol. The summed E-state index contributed by atoms with van der Waals surface area (Å²) in [4.78, 5) is 18.9. The molecule has 0 saturated carbocycles. The van der Waals surface area contributed by atoms with Crippen molar-refractivity contribution in [3.8, 4) is 23.1 Å². The van der Waals surface area contributed by atoms with E-state index in [4.69, 9.17) is 4.74 Å². The summed E-state index contributed by atoms with van der Waals surface area (Å²) in [6.45, 7) is 0.161. The summed E-state index contributed by atoms with van der Waals surface area (Å²) in [5.41, 5.74) is 0.990. The van der Waals surface area contributed by atoms with Crippen molar-refractivity contribution in [3.05, 3.63) is 71.0 Å². The van der Waals surface area contributed by atoms with Gasteiger partial charge >= 0.3 is 0 Å². The Morgan fingerprint density at radius 3 is 2.66 bits per heavy atom. The highest BCUT2D eigenvalue weighted by Crippen LogP contribution is 2.40. The number of anilines is 1. The molecule has 3 aromatic heterocycles. The smallest absolute Gasteiger partial charge is 0.267 e. The van der Waals surface area contributed by atoms with Crippen molar-refractivity contribution >= 4 is 23.1 Å². The second-order valence-corrected chi connectivity index (χ2v) is 7.88. The van der Waals surface area contributed by atoms with Gasteiger partial charge in [-0.15, -0.1) is 4.80 Å². The molecule has 1 fully saturated rings. The van der Waals surface area contributed by atoms with Crippen molar-refractivity contribution in [1.82, 2.24) is 24.4 Å². The van der Waals surface area contributed by atoms with E-state index in [2.05, 4.69) is 24.9 Å². The van der Waals surface area contributed by atoms with Crippen molar-refractivity contribution in [1.29, 1.82) is 5.26 Å². The van der Waals surface area contributed by atoms with Crippen LogP contribution in [0.15, 0.2) is 55.0 Å². The van der Waals surface area contributed by atoms with Crippen LogP contribution in [0.2, 0.25) is 0 Å². The molecule has 0 radical (unpaired) electrons. The Labute approximate surface area is 185 Å².